The van der Waals surface area contributed by atoms with E-state index in [1.807, 2.05) is 51.1 Å². The monoisotopic (exact) mass is 402 g/mol. The van der Waals surface area contributed by atoms with Crippen LogP contribution in [0.15, 0.2) is 30.3 Å². The lowest BCUT2D eigenvalue weighted by molar-refractivity contribution is -0.159. The van der Waals surface area contributed by atoms with Crippen molar-refractivity contribution < 1.29 is 23.9 Å². The van der Waals surface area contributed by atoms with Gasteiger partial charge in [0.15, 0.2) is 0 Å². The second-order valence-corrected chi connectivity index (χ2v) is 8.86. The Hall–Kier alpha value is -2.57. The molecule has 2 aliphatic rings. The predicted octanol–water partition coefficient (Wildman–Crippen LogP) is 2.88. The Kier molecular flexibility index (Phi) is 6.45. The molecule has 2 fully saturated rings. The number of piperidine rings is 1. The van der Waals surface area contributed by atoms with Crippen LogP contribution in [-0.4, -0.2) is 47.6 Å². The molecule has 1 aromatic carbocycles. The van der Waals surface area contributed by atoms with E-state index in [4.69, 9.17) is 9.47 Å². The molecule has 7 heteroatoms. The molecule has 2 aliphatic heterocycles. The summed E-state index contributed by atoms with van der Waals surface area (Å²) in [6, 6.07) is 8.84. The van der Waals surface area contributed by atoms with Crippen molar-refractivity contribution in [2.24, 2.45) is 11.8 Å². The maximum Gasteiger partial charge on any atom is 0.410 e. The number of hydrogen-bond donors (Lipinski definition) is 1. The first-order valence-corrected chi connectivity index (χ1v) is 10.2. The van der Waals surface area contributed by atoms with E-state index in [2.05, 4.69) is 5.32 Å². The molecular weight excluding hydrogens is 372 g/mol. The predicted molar refractivity (Wildman–Crippen MR) is 107 cm³/mol. The Labute approximate surface area is 171 Å². The van der Waals surface area contributed by atoms with Gasteiger partial charge >= 0.3 is 12.1 Å². The fourth-order valence-corrected chi connectivity index (χ4v) is 3.81. The smallest absolute Gasteiger partial charge is 0.410 e. The van der Waals surface area contributed by atoms with Crippen LogP contribution in [0.5, 0.6) is 0 Å². The number of amides is 2. The van der Waals surface area contributed by atoms with Crippen LogP contribution in [0.4, 0.5) is 4.79 Å². The lowest BCUT2D eigenvalue weighted by Gasteiger charge is -2.40. The normalized spacial score (nSPS) is 24.3. The Balaban J connectivity index is 1.51. The molecule has 7 nitrogen and oxygen atoms in total. The SMILES string of the molecule is CC(C)(C)OC(=O)N1CCC[C@@H](C[C@H]2C(=O)NC2C(=O)OCc2ccccc2)C1. The number of benzene rings is 1. The van der Waals surface area contributed by atoms with Crippen LogP contribution in [0.3, 0.4) is 0 Å². The first-order valence-electron chi connectivity index (χ1n) is 10.2. The first kappa shape index (κ1) is 21.1. The van der Waals surface area contributed by atoms with Crippen LogP contribution >= 0.6 is 0 Å². The topological polar surface area (TPSA) is 84.9 Å². The molecule has 3 atom stereocenters. The van der Waals surface area contributed by atoms with Gasteiger partial charge in [0, 0.05) is 13.1 Å². The van der Waals surface area contributed by atoms with Crippen molar-refractivity contribution in [1.82, 2.24) is 10.2 Å². The van der Waals surface area contributed by atoms with Crippen molar-refractivity contribution in [2.45, 2.75) is 58.3 Å². The standard InChI is InChI=1S/C22H30N2O5/c1-22(2,3)29-21(27)24-11-7-10-16(13-24)12-17-18(23-19(17)25)20(26)28-14-15-8-5-4-6-9-15/h4-6,8-9,16-18H,7,10-14H2,1-3H3,(H,23,25)/t16-,17+,18?/m0/s1. The third-order valence-corrected chi connectivity index (χ3v) is 5.27. The number of nitrogens with zero attached hydrogens (tertiary/aromatic N) is 1. The van der Waals surface area contributed by atoms with E-state index in [1.165, 1.54) is 0 Å². The van der Waals surface area contributed by atoms with Gasteiger partial charge in [0.1, 0.15) is 18.2 Å². The number of ether oxygens (including phenoxy) is 2. The van der Waals surface area contributed by atoms with Crippen LogP contribution in [0.1, 0.15) is 45.6 Å². The minimum atomic E-state index is -0.608. The third kappa shape index (κ3) is 5.71. The summed E-state index contributed by atoms with van der Waals surface area (Å²) >= 11 is 0. The van der Waals surface area contributed by atoms with Gasteiger partial charge in [-0.2, -0.15) is 0 Å². The van der Waals surface area contributed by atoms with Crippen LogP contribution < -0.4 is 5.32 Å². The van der Waals surface area contributed by atoms with Gasteiger partial charge in [0.05, 0.1) is 5.92 Å². The summed E-state index contributed by atoms with van der Waals surface area (Å²) in [4.78, 5) is 38.5. The van der Waals surface area contributed by atoms with Gasteiger partial charge in [0.25, 0.3) is 0 Å². The van der Waals surface area contributed by atoms with Crippen molar-refractivity contribution >= 4 is 18.0 Å². The number of esters is 1. The summed E-state index contributed by atoms with van der Waals surface area (Å²) in [6.45, 7) is 6.92. The van der Waals surface area contributed by atoms with E-state index in [-0.39, 0.29) is 24.5 Å². The van der Waals surface area contributed by atoms with Gasteiger partial charge in [0.2, 0.25) is 5.91 Å². The molecule has 0 bridgehead atoms. The second kappa shape index (κ2) is 8.84. The number of carbonyl (C=O) groups is 3. The second-order valence-electron chi connectivity index (χ2n) is 8.86. The summed E-state index contributed by atoms with van der Waals surface area (Å²) < 4.78 is 10.8. The molecule has 2 amide bonds. The van der Waals surface area contributed by atoms with Gasteiger partial charge in [-0.05, 0) is 51.5 Å². The summed E-state index contributed by atoms with van der Waals surface area (Å²) in [5.41, 5.74) is 0.370. The highest BCUT2D eigenvalue weighted by Gasteiger charge is 2.46. The Morgan fingerprint density at radius 1 is 1.21 bits per heavy atom. The summed E-state index contributed by atoms with van der Waals surface area (Å²) in [6.07, 6.45) is 2.03. The molecule has 0 aliphatic carbocycles. The maximum absolute atomic E-state index is 12.4. The lowest BCUT2D eigenvalue weighted by Crippen LogP contribution is -2.63. The van der Waals surface area contributed by atoms with Crippen molar-refractivity contribution in [1.29, 1.82) is 0 Å². The quantitative estimate of drug-likeness (QED) is 0.605. The number of hydrogen-bond acceptors (Lipinski definition) is 5. The van der Waals surface area contributed by atoms with Crippen molar-refractivity contribution in [3.8, 4) is 0 Å². The number of nitrogens with one attached hydrogen (secondary N) is 1. The van der Waals surface area contributed by atoms with Gasteiger partial charge in [-0.15, -0.1) is 0 Å². The van der Waals surface area contributed by atoms with E-state index >= 15 is 0 Å². The zero-order valence-electron chi connectivity index (χ0n) is 17.3. The average molecular weight is 402 g/mol. The van der Waals surface area contributed by atoms with E-state index in [0.29, 0.717) is 19.5 Å². The highest BCUT2D eigenvalue weighted by molar-refractivity contribution is 5.97. The van der Waals surface area contributed by atoms with Gasteiger partial charge in [-0.1, -0.05) is 30.3 Å². The molecule has 158 valence electrons. The van der Waals surface area contributed by atoms with Crippen molar-refractivity contribution in [3.05, 3.63) is 35.9 Å². The Bertz CT molecular complexity index is 743. The van der Waals surface area contributed by atoms with E-state index in [9.17, 15) is 14.4 Å². The van der Waals surface area contributed by atoms with Crippen molar-refractivity contribution in [2.75, 3.05) is 13.1 Å². The Morgan fingerprint density at radius 2 is 1.93 bits per heavy atom. The average Bonchev–Trinajstić information content (AvgIpc) is 2.68. The molecule has 0 saturated carbocycles. The fourth-order valence-electron chi connectivity index (χ4n) is 3.81. The molecule has 2 heterocycles. The number of β-lactam (4-membered cyclic amide) rings is 1. The van der Waals surface area contributed by atoms with Gasteiger partial charge in [-0.3, -0.25) is 4.79 Å². The molecule has 0 spiro atoms. The highest BCUT2D eigenvalue weighted by Crippen LogP contribution is 2.30. The molecule has 3 rings (SSSR count). The number of carbonyl (C=O) groups excluding carboxylic acids is 3. The molecule has 1 aromatic rings. The van der Waals surface area contributed by atoms with Gasteiger partial charge in [-0.25, -0.2) is 9.59 Å². The van der Waals surface area contributed by atoms with Gasteiger partial charge < -0.3 is 19.7 Å². The molecule has 0 aromatic heterocycles. The number of likely N-dealkylation sites (tertiary alicyclic amines) is 1. The molecule has 1 N–H and O–H groups in total. The van der Waals surface area contributed by atoms with Crippen LogP contribution in [-0.2, 0) is 25.7 Å². The van der Waals surface area contributed by atoms with E-state index in [0.717, 1.165) is 18.4 Å². The summed E-state index contributed by atoms with van der Waals surface area (Å²) in [5.74, 6) is -0.766. The molecular formula is C22H30N2O5. The van der Waals surface area contributed by atoms with E-state index < -0.39 is 23.5 Å². The molecule has 29 heavy (non-hydrogen) atoms. The third-order valence-electron chi connectivity index (χ3n) is 5.27. The van der Waals surface area contributed by atoms with E-state index in [1.54, 1.807) is 4.90 Å². The summed E-state index contributed by atoms with van der Waals surface area (Å²) in [5, 5.41) is 2.66. The highest BCUT2D eigenvalue weighted by atomic mass is 16.6. The zero-order chi connectivity index (χ0) is 21.0. The lowest BCUT2D eigenvalue weighted by atomic mass is 9.80. The van der Waals surface area contributed by atoms with Crippen LogP contribution in [0.2, 0.25) is 0 Å². The van der Waals surface area contributed by atoms with Crippen LogP contribution in [0, 0.1) is 11.8 Å². The fraction of sp³-hybridized carbons (Fsp3) is 0.591. The molecule has 1 unspecified atom stereocenters. The number of rotatable bonds is 5. The zero-order valence-corrected chi connectivity index (χ0v) is 17.3. The Morgan fingerprint density at radius 3 is 2.59 bits per heavy atom. The minimum Gasteiger partial charge on any atom is -0.459 e. The molecule has 2 saturated heterocycles. The largest absolute Gasteiger partial charge is 0.459 e. The minimum absolute atomic E-state index is 0.124. The van der Waals surface area contributed by atoms with Crippen molar-refractivity contribution in [3.63, 3.8) is 0 Å². The van der Waals surface area contributed by atoms with Crippen LogP contribution in [0.25, 0.3) is 0 Å². The maximum atomic E-state index is 12.4. The first-order chi connectivity index (χ1) is 13.7. The molecule has 0 radical (unpaired) electrons. The summed E-state index contributed by atoms with van der Waals surface area (Å²) in [7, 11) is 0.